The summed E-state index contributed by atoms with van der Waals surface area (Å²) in [4.78, 5) is 1.20. The number of rotatable bonds is 1. The van der Waals surface area contributed by atoms with Crippen LogP contribution in [0.3, 0.4) is 0 Å². The molecule has 0 radical (unpaired) electrons. The van der Waals surface area contributed by atoms with Crippen molar-refractivity contribution in [1.29, 1.82) is 0 Å². The molecule has 4 heteroatoms. The predicted octanol–water partition coefficient (Wildman–Crippen LogP) is 2.23. The van der Waals surface area contributed by atoms with Crippen molar-refractivity contribution in [3.05, 3.63) is 28.1 Å². The largest absolute Gasteiger partial charge is 0.371 e. The summed E-state index contributed by atoms with van der Waals surface area (Å²) in [6.45, 7) is 2.68. The summed E-state index contributed by atoms with van der Waals surface area (Å²) in [5, 5.41) is 0. The third kappa shape index (κ3) is 1.28. The lowest BCUT2D eigenvalue weighted by molar-refractivity contribution is 1.24. The second kappa shape index (κ2) is 3.33. The quantitative estimate of drug-likeness (QED) is 0.509. The molecule has 2 aliphatic rings. The Morgan fingerprint density at radius 2 is 2.42 bits per heavy atom. The van der Waals surface area contributed by atoms with Crippen LogP contribution in [0, 0.1) is 0 Å². The minimum atomic E-state index is 0.696. The van der Waals surface area contributed by atoms with Crippen LogP contribution in [0.5, 0.6) is 0 Å². The van der Waals surface area contributed by atoms with Gasteiger partial charge < -0.3 is 0 Å². The summed E-state index contributed by atoms with van der Waals surface area (Å²) in [6.07, 6.45) is 0. The van der Waals surface area contributed by atoms with Gasteiger partial charge in [-0.1, -0.05) is 16.4 Å². The van der Waals surface area contributed by atoms with Crippen molar-refractivity contribution >= 4 is 20.9 Å². The third-order valence-corrected chi connectivity index (χ3v) is 3.34. The maximum absolute atomic E-state index is 5.43. The van der Waals surface area contributed by atoms with Crippen LogP contribution in [0.1, 0.15) is 6.92 Å². The zero-order valence-electron chi connectivity index (χ0n) is 6.61. The molecule has 1 heterocycles. The van der Waals surface area contributed by atoms with E-state index in [1.54, 1.807) is 10.3 Å². The van der Waals surface area contributed by atoms with Crippen molar-refractivity contribution < 1.29 is 0 Å². The Balaban J connectivity index is 2.71. The maximum Gasteiger partial charge on any atom is 0.371 e. The molecule has 0 aromatic heterocycles. The van der Waals surface area contributed by atoms with Gasteiger partial charge >= 0.3 is 5.43 Å². The van der Waals surface area contributed by atoms with Crippen LogP contribution >= 0.6 is 20.9 Å². The molecule has 0 aromatic carbocycles. The van der Waals surface area contributed by atoms with E-state index < -0.39 is 0 Å². The van der Waals surface area contributed by atoms with Gasteiger partial charge in [0.1, 0.15) is 0 Å². The molecule has 0 amide bonds. The Morgan fingerprint density at radius 3 is 3.25 bits per heavy atom. The first-order chi connectivity index (χ1) is 5.92. The van der Waals surface area contributed by atoms with E-state index in [0.29, 0.717) is 6.61 Å². The Hall–Kier alpha value is -0.740. The number of fused-ring (bicyclic) bond motifs is 1. The summed E-state index contributed by atoms with van der Waals surface area (Å²) >= 11 is 0. The van der Waals surface area contributed by atoms with Crippen molar-refractivity contribution in [3.63, 3.8) is 0 Å². The van der Waals surface area contributed by atoms with Crippen LogP contribution in [0.4, 0.5) is 0 Å². The summed E-state index contributed by atoms with van der Waals surface area (Å²) in [6, 6.07) is 6.02. The van der Waals surface area contributed by atoms with Crippen molar-refractivity contribution in [2.24, 2.45) is 0 Å². The van der Waals surface area contributed by atoms with E-state index in [-0.39, 0.29) is 0 Å². The van der Waals surface area contributed by atoms with Crippen molar-refractivity contribution in [1.82, 2.24) is 4.37 Å². The fourth-order valence-electron chi connectivity index (χ4n) is 1.03. The van der Waals surface area contributed by atoms with E-state index in [0.717, 1.165) is 11.1 Å². The first-order valence-electron chi connectivity index (χ1n) is 3.72. The average molecular weight is 198 g/mol. The summed E-state index contributed by atoms with van der Waals surface area (Å²) in [7, 11) is 3.18. The Kier molecular flexibility index (Phi) is 2.19. The number of nitrogens with zero attached hydrogens (tertiary/aromatic N) is 1. The van der Waals surface area contributed by atoms with Crippen molar-refractivity contribution in [2.45, 2.75) is 6.92 Å². The molecule has 0 bridgehead atoms. The van der Waals surface area contributed by atoms with Gasteiger partial charge in [0.25, 0.3) is 6.61 Å². The Labute approximate surface area is 77.7 Å². The van der Waals surface area contributed by atoms with E-state index in [1.165, 1.54) is 15.4 Å². The van der Waals surface area contributed by atoms with Gasteiger partial charge in [0.05, 0.1) is 4.88 Å². The van der Waals surface area contributed by atoms with Gasteiger partial charge in [-0.15, -0.1) is 0 Å². The van der Waals surface area contributed by atoms with Gasteiger partial charge in [0, 0.05) is 23.5 Å². The van der Waals surface area contributed by atoms with Crippen LogP contribution in [0.15, 0.2) is 22.6 Å². The number of hydrogen-bond acceptors (Lipinski definition) is 3. The number of aromatic nitrogens is 1. The third-order valence-electron chi connectivity index (χ3n) is 1.52. The molecule has 0 spiro atoms. The lowest BCUT2D eigenvalue weighted by atomic mass is 10.2. The van der Waals surface area contributed by atoms with Crippen molar-refractivity contribution in [2.75, 3.05) is 6.61 Å². The first-order valence-corrected chi connectivity index (χ1v) is 5.83. The topological polar surface area (TPSA) is 24.2 Å². The van der Waals surface area contributed by atoms with Gasteiger partial charge in [-0.05, 0) is 6.07 Å². The highest BCUT2D eigenvalue weighted by Gasteiger charge is 2.13. The van der Waals surface area contributed by atoms with E-state index in [9.17, 15) is 0 Å². The van der Waals surface area contributed by atoms with E-state index in [1.807, 2.05) is 19.1 Å². The number of hydrogen-bond donors (Lipinski definition) is 0. The van der Waals surface area contributed by atoms with Crippen LogP contribution in [-0.4, -0.2) is 11.0 Å². The van der Waals surface area contributed by atoms with Crippen LogP contribution in [0.25, 0.3) is 10.6 Å². The van der Waals surface area contributed by atoms with Gasteiger partial charge in [-0.25, -0.2) is 0 Å². The molecule has 0 unspecified atom stereocenters. The summed E-state index contributed by atoms with van der Waals surface area (Å²) < 4.78 is 9.70. The molecule has 0 aromatic rings. The van der Waals surface area contributed by atoms with Gasteiger partial charge in [0.2, 0.25) is 0 Å². The molecule has 62 valence electrons. The van der Waals surface area contributed by atoms with E-state index in [4.69, 9.17) is 4.42 Å². The van der Waals surface area contributed by atoms with E-state index in [2.05, 4.69) is 10.4 Å². The smallest absolute Gasteiger partial charge is 0.253 e. The molecule has 0 N–H and O–H groups in total. The minimum Gasteiger partial charge on any atom is -0.253 e. The van der Waals surface area contributed by atoms with Gasteiger partial charge in [-0.3, -0.25) is 4.42 Å². The monoisotopic (exact) mass is 198 g/mol. The fourth-order valence-corrected chi connectivity index (χ4v) is 2.80. The molecule has 2 rings (SSSR count). The Bertz CT molecular complexity index is 404. The van der Waals surface area contributed by atoms with E-state index >= 15 is 0 Å². The molecule has 1 aliphatic carbocycles. The lowest BCUT2D eigenvalue weighted by Crippen LogP contribution is -2.05. The lowest BCUT2D eigenvalue weighted by Gasteiger charge is -1.85. The zero-order chi connectivity index (χ0) is 8.39. The normalized spacial score (nSPS) is 12.6. The SMILES string of the molecule is CC[O+]=c1cccc2ssnc1-2. The van der Waals surface area contributed by atoms with Crippen LogP contribution in [-0.2, 0) is 0 Å². The highest BCUT2D eigenvalue weighted by molar-refractivity contribution is 7.68. The Morgan fingerprint density at radius 1 is 1.50 bits per heavy atom. The molecule has 2 nitrogen and oxygen atoms in total. The second-order valence-corrected chi connectivity index (χ2v) is 4.17. The van der Waals surface area contributed by atoms with Gasteiger partial charge in [0.15, 0.2) is 5.69 Å². The molecule has 0 saturated heterocycles. The molecule has 0 atom stereocenters. The van der Waals surface area contributed by atoms with Crippen LogP contribution in [0.2, 0.25) is 0 Å². The molecule has 12 heavy (non-hydrogen) atoms. The minimum absolute atomic E-state index is 0.696. The fraction of sp³-hybridized carbons (Fsp3) is 0.250. The van der Waals surface area contributed by atoms with Gasteiger partial charge in [-0.2, -0.15) is 4.37 Å². The average Bonchev–Trinajstić information content (AvgIpc) is 2.53. The maximum atomic E-state index is 5.43. The summed E-state index contributed by atoms with van der Waals surface area (Å²) in [5.74, 6) is 0. The zero-order valence-corrected chi connectivity index (χ0v) is 8.24. The second-order valence-electron chi connectivity index (χ2n) is 2.29. The standard InChI is InChI=1S/C8H8NOS2/c1-2-10-6-4-3-5-7-8(6)9-12-11-7/h3-5H,2H2,1H3/q+1. The molecule has 0 saturated carbocycles. The predicted molar refractivity (Wildman–Crippen MR) is 53.4 cm³/mol. The summed E-state index contributed by atoms with van der Waals surface area (Å²) in [5.41, 5.74) is 1.89. The first kappa shape index (κ1) is 7.89. The molecule has 1 aliphatic heterocycles. The molecular formula is C8H8NOS2+. The highest BCUT2D eigenvalue weighted by Crippen LogP contribution is 2.24. The highest BCUT2D eigenvalue weighted by atomic mass is 32.9. The molecule has 0 fully saturated rings. The number of benzene rings is 1. The van der Waals surface area contributed by atoms with Crippen molar-refractivity contribution in [3.8, 4) is 10.6 Å². The molecular weight excluding hydrogens is 190 g/mol. The van der Waals surface area contributed by atoms with Crippen LogP contribution < -0.4 is 5.43 Å².